The number of aromatic nitrogens is 2. The van der Waals surface area contributed by atoms with E-state index in [9.17, 15) is 4.79 Å². The zero-order valence-electron chi connectivity index (χ0n) is 26.0. The number of aliphatic hydroxyl groups excluding tert-OH is 2. The van der Waals surface area contributed by atoms with Gasteiger partial charge in [0.2, 0.25) is 5.88 Å². The third kappa shape index (κ3) is 8.56. The molecule has 238 valence electrons. The monoisotopic (exact) mass is 633 g/mol. The topological polar surface area (TPSA) is 138 Å². The first-order valence-corrected chi connectivity index (χ1v) is 15.1. The van der Waals surface area contributed by atoms with Crippen LogP contribution in [0.3, 0.4) is 0 Å². The number of amides is 1. The van der Waals surface area contributed by atoms with E-state index in [1.807, 2.05) is 63.2 Å². The zero-order chi connectivity index (χ0) is 32.3. The van der Waals surface area contributed by atoms with Crippen molar-refractivity contribution in [2.24, 2.45) is 0 Å². The highest BCUT2D eigenvalue weighted by Crippen LogP contribution is 2.35. The largest absolute Gasteiger partial charge is 0.487 e. The van der Waals surface area contributed by atoms with Gasteiger partial charge in [0, 0.05) is 43.1 Å². The van der Waals surface area contributed by atoms with Crippen LogP contribution < -0.4 is 25.4 Å². The number of pyridine rings is 2. The van der Waals surface area contributed by atoms with Crippen molar-refractivity contribution in [2.45, 2.75) is 40.5 Å². The van der Waals surface area contributed by atoms with Crippen LogP contribution in [0.1, 0.15) is 44.1 Å². The number of methoxy groups -OCH3 is 1. The van der Waals surface area contributed by atoms with Gasteiger partial charge in [-0.1, -0.05) is 41.9 Å². The number of carbonyl (C=O) groups is 1. The molecule has 0 aliphatic rings. The summed E-state index contributed by atoms with van der Waals surface area (Å²) in [5.41, 5.74) is 7.84. The quantitative estimate of drug-likeness (QED) is 0.118. The summed E-state index contributed by atoms with van der Waals surface area (Å²) in [6.45, 7) is 8.03. The van der Waals surface area contributed by atoms with E-state index in [1.54, 1.807) is 19.2 Å². The molecule has 11 heteroatoms. The van der Waals surface area contributed by atoms with Gasteiger partial charge < -0.3 is 35.6 Å². The molecule has 10 nitrogen and oxygen atoms in total. The molecule has 0 bridgehead atoms. The van der Waals surface area contributed by atoms with Gasteiger partial charge in [-0.3, -0.25) is 4.79 Å². The average Bonchev–Trinajstić information content (AvgIpc) is 3.03. The van der Waals surface area contributed by atoms with Crippen molar-refractivity contribution < 1.29 is 24.5 Å². The summed E-state index contributed by atoms with van der Waals surface area (Å²) in [5.74, 6) is 0.830. The first kappa shape index (κ1) is 33.8. The highest BCUT2D eigenvalue weighted by molar-refractivity contribution is 6.31. The van der Waals surface area contributed by atoms with Gasteiger partial charge in [0.05, 0.1) is 25.3 Å². The molecule has 4 aromatic rings. The van der Waals surface area contributed by atoms with E-state index in [-0.39, 0.29) is 25.7 Å². The fourth-order valence-electron chi connectivity index (χ4n) is 4.92. The number of benzene rings is 2. The fraction of sp³-hybridized carbons (Fsp3) is 0.324. The first-order chi connectivity index (χ1) is 21.8. The summed E-state index contributed by atoms with van der Waals surface area (Å²) in [7, 11) is 1.55. The van der Waals surface area contributed by atoms with Crippen LogP contribution in [-0.2, 0) is 19.7 Å². The molecule has 2 aromatic heterocycles. The van der Waals surface area contributed by atoms with Crippen LogP contribution in [0.15, 0.2) is 54.6 Å². The molecule has 0 radical (unpaired) electrons. The maximum Gasteiger partial charge on any atom is 0.274 e. The molecule has 0 saturated carbocycles. The van der Waals surface area contributed by atoms with Crippen LogP contribution in [0.4, 0.5) is 5.69 Å². The van der Waals surface area contributed by atoms with Crippen molar-refractivity contribution in [1.82, 2.24) is 20.6 Å². The number of aliphatic hydroxyl groups is 2. The molecule has 4 rings (SSSR count). The lowest BCUT2D eigenvalue weighted by Crippen LogP contribution is -2.19. The van der Waals surface area contributed by atoms with Crippen molar-refractivity contribution in [3.63, 3.8) is 0 Å². The summed E-state index contributed by atoms with van der Waals surface area (Å²) in [6.07, 6.45) is 0. The van der Waals surface area contributed by atoms with Crippen LogP contribution in [0.5, 0.6) is 11.6 Å². The Balaban J connectivity index is 1.50. The van der Waals surface area contributed by atoms with E-state index < -0.39 is 0 Å². The van der Waals surface area contributed by atoms with Gasteiger partial charge >= 0.3 is 0 Å². The maximum absolute atomic E-state index is 13.2. The molecule has 0 aliphatic heterocycles. The molecule has 2 heterocycles. The van der Waals surface area contributed by atoms with Gasteiger partial charge in [0.15, 0.2) is 0 Å². The van der Waals surface area contributed by atoms with E-state index in [2.05, 4.69) is 25.9 Å². The number of ether oxygens (including phenoxy) is 2. The lowest BCUT2D eigenvalue weighted by atomic mass is 9.95. The van der Waals surface area contributed by atoms with Crippen LogP contribution >= 0.6 is 11.6 Å². The fourth-order valence-corrected chi connectivity index (χ4v) is 5.14. The Morgan fingerprint density at radius 3 is 2.20 bits per heavy atom. The minimum atomic E-state index is -0.294. The first-order valence-electron chi connectivity index (χ1n) is 14.7. The molecule has 0 fully saturated rings. The summed E-state index contributed by atoms with van der Waals surface area (Å²) in [6, 6.07) is 17.0. The third-order valence-electron chi connectivity index (χ3n) is 7.44. The Morgan fingerprint density at radius 2 is 1.53 bits per heavy atom. The van der Waals surface area contributed by atoms with Gasteiger partial charge in [-0.15, -0.1) is 0 Å². The number of aryl methyl sites for hydroxylation is 1. The van der Waals surface area contributed by atoms with Crippen molar-refractivity contribution >= 4 is 23.2 Å². The molecule has 5 N–H and O–H groups in total. The van der Waals surface area contributed by atoms with Gasteiger partial charge in [0.1, 0.15) is 23.7 Å². The molecule has 0 atom stereocenters. The van der Waals surface area contributed by atoms with E-state index in [4.69, 9.17) is 31.3 Å². The number of hydrogen-bond acceptors (Lipinski definition) is 9. The maximum atomic E-state index is 13.2. The number of hydrogen-bond donors (Lipinski definition) is 5. The summed E-state index contributed by atoms with van der Waals surface area (Å²) >= 11 is 6.54. The third-order valence-corrected chi connectivity index (χ3v) is 7.77. The number of nitrogens with zero attached hydrogens (tertiary/aromatic N) is 2. The average molecular weight is 634 g/mol. The summed E-state index contributed by atoms with van der Waals surface area (Å²) in [4.78, 5) is 22.2. The van der Waals surface area contributed by atoms with E-state index in [0.29, 0.717) is 59.9 Å². The second kappa shape index (κ2) is 16.3. The highest BCUT2D eigenvalue weighted by Gasteiger charge is 2.17. The molecule has 0 spiro atoms. The number of carbonyl (C=O) groups excluding carboxylic acids is 1. The standard InChI is InChI=1S/C34H40ClN5O5/c1-21-26(7-5-9-29(21)39-33(43)30-12-11-24(23(3)38-30)18-36-13-15-41)27-8-6-10-32(22(27)2)45-20-31-28(35)17-25(19-37-14-16-42)34(40-31)44-4/h5-12,17,36-37,41-42H,13-16,18-20H2,1-4H3,(H,39,43). The molecular formula is C34H40ClN5O5. The Kier molecular flexibility index (Phi) is 12.3. The Labute approximate surface area is 268 Å². The molecule has 2 aromatic carbocycles. The Bertz CT molecular complexity index is 1630. The second-order valence-electron chi connectivity index (χ2n) is 10.5. The van der Waals surface area contributed by atoms with Gasteiger partial charge in [0.25, 0.3) is 5.91 Å². The summed E-state index contributed by atoms with van der Waals surface area (Å²) in [5, 5.41) is 27.7. The van der Waals surface area contributed by atoms with Crippen molar-refractivity contribution in [1.29, 1.82) is 0 Å². The molecule has 0 unspecified atom stereocenters. The second-order valence-corrected chi connectivity index (χ2v) is 10.9. The normalized spacial score (nSPS) is 11.0. The SMILES string of the molecule is COc1nc(COc2cccc(-c3cccc(NC(=O)c4ccc(CNCCO)c(C)n4)c3C)c2C)c(Cl)cc1CNCCO. The minimum Gasteiger partial charge on any atom is -0.487 e. The van der Waals surface area contributed by atoms with Crippen molar-refractivity contribution in [3.8, 4) is 22.8 Å². The number of anilines is 1. The highest BCUT2D eigenvalue weighted by atomic mass is 35.5. The molecular weight excluding hydrogens is 594 g/mol. The van der Waals surface area contributed by atoms with E-state index in [0.717, 1.165) is 39.1 Å². The van der Waals surface area contributed by atoms with Crippen LogP contribution in [0.2, 0.25) is 5.02 Å². The van der Waals surface area contributed by atoms with Crippen LogP contribution in [-0.4, -0.2) is 59.5 Å². The minimum absolute atomic E-state index is 0.0316. The van der Waals surface area contributed by atoms with Gasteiger partial charge in [-0.25, -0.2) is 9.97 Å². The number of rotatable bonds is 15. The lowest BCUT2D eigenvalue weighted by molar-refractivity contribution is 0.102. The Morgan fingerprint density at radius 1 is 0.867 bits per heavy atom. The van der Waals surface area contributed by atoms with E-state index in [1.165, 1.54) is 0 Å². The number of halogens is 1. The predicted molar refractivity (Wildman–Crippen MR) is 176 cm³/mol. The number of nitrogens with one attached hydrogen (secondary N) is 3. The smallest absolute Gasteiger partial charge is 0.274 e. The van der Waals surface area contributed by atoms with E-state index >= 15 is 0 Å². The van der Waals surface area contributed by atoms with Crippen LogP contribution in [0.25, 0.3) is 11.1 Å². The van der Waals surface area contributed by atoms with Gasteiger partial charge in [-0.2, -0.15) is 0 Å². The lowest BCUT2D eigenvalue weighted by Gasteiger charge is -2.17. The van der Waals surface area contributed by atoms with Crippen molar-refractivity contribution in [2.75, 3.05) is 38.7 Å². The van der Waals surface area contributed by atoms with Crippen LogP contribution in [0, 0.1) is 20.8 Å². The van der Waals surface area contributed by atoms with Gasteiger partial charge in [-0.05, 0) is 72.9 Å². The molecule has 0 aliphatic carbocycles. The Hall–Kier alpha value is -4.06. The zero-order valence-corrected chi connectivity index (χ0v) is 26.8. The summed E-state index contributed by atoms with van der Waals surface area (Å²) < 4.78 is 11.7. The molecule has 0 saturated heterocycles. The molecule has 45 heavy (non-hydrogen) atoms. The molecule has 1 amide bonds. The van der Waals surface area contributed by atoms with Crippen molar-refractivity contribution in [3.05, 3.63) is 99.0 Å². The predicted octanol–water partition coefficient (Wildman–Crippen LogP) is 4.73.